The van der Waals surface area contributed by atoms with E-state index in [1.165, 1.54) is 0 Å². The minimum Gasteiger partial charge on any atom is -0.488 e. The predicted octanol–water partition coefficient (Wildman–Crippen LogP) is 4.01. The largest absolute Gasteiger partial charge is 0.488 e. The van der Waals surface area contributed by atoms with Gasteiger partial charge in [-0.1, -0.05) is 25.1 Å². The number of rotatable bonds is 8. The van der Waals surface area contributed by atoms with Gasteiger partial charge in [-0.2, -0.15) is 0 Å². The van der Waals surface area contributed by atoms with Crippen molar-refractivity contribution in [3.63, 3.8) is 0 Å². The van der Waals surface area contributed by atoms with E-state index in [-0.39, 0.29) is 43.0 Å². The molecule has 3 N–H and O–H groups in total. The molecular formula is C30H37N5O4. The van der Waals surface area contributed by atoms with Crippen molar-refractivity contribution in [1.29, 1.82) is 0 Å². The number of hydrogen-bond acceptors (Lipinski definition) is 6. The summed E-state index contributed by atoms with van der Waals surface area (Å²) >= 11 is 0. The molecule has 2 heterocycles. The summed E-state index contributed by atoms with van der Waals surface area (Å²) in [4.78, 5) is 34.0. The van der Waals surface area contributed by atoms with Crippen molar-refractivity contribution in [3.05, 3.63) is 84.2 Å². The fraction of sp³-hybridized carbons (Fsp3) is 0.367. The molecule has 9 nitrogen and oxygen atoms in total. The molecule has 0 spiro atoms. The van der Waals surface area contributed by atoms with Gasteiger partial charge in [0.1, 0.15) is 11.9 Å². The number of benzene rings is 2. The zero-order chi connectivity index (χ0) is 27.8. The van der Waals surface area contributed by atoms with Crippen LogP contribution in [0.5, 0.6) is 5.75 Å². The monoisotopic (exact) mass is 531 g/mol. The molecule has 0 saturated heterocycles. The Kier molecular flexibility index (Phi) is 9.51. The highest BCUT2D eigenvalue weighted by molar-refractivity contribution is 5.99. The zero-order valence-corrected chi connectivity index (χ0v) is 22.7. The van der Waals surface area contributed by atoms with Crippen LogP contribution in [0.2, 0.25) is 0 Å². The molecule has 3 atom stereocenters. The summed E-state index contributed by atoms with van der Waals surface area (Å²) in [7, 11) is 2.04. The van der Waals surface area contributed by atoms with Gasteiger partial charge >= 0.3 is 6.03 Å². The van der Waals surface area contributed by atoms with Crippen LogP contribution >= 0.6 is 0 Å². The van der Waals surface area contributed by atoms with Gasteiger partial charge in [-0.3, -0.25) is 14.7 Å². The van der Waals surface area contributed by atoms with Crippen molar-refractivity contribution in [2.75, 3.05) is 37.4 Å². The highest BCUT2D eigenvalue weighted by Crippen LogP contribution is 2.29. The van der Waals surface area contributed by atoms with E-state index < -0.39 is 0 Å². The Morgan fingerprint density at radius 2 is 1.85 bits per heavy atom. The average molecular weight is 532 g/mol. The fourth-order valence-corrected chi connectivity index (χ4v) is 4.71. The Morgan fingerprint density at radius 1 is 1.13 bits per heavy atom. The predicted molar refractivity (Wildman–Crippen MR) is 152 cm³/mol. The van der Waals surface area contributed by atoms with E-state index in [4.69, 9.17) is 4.74 Å². The molecule has 206 valence electrons. The van der Waals surface area contributed by atoms with E-state index in [1.54, 1.807) is 41.6 Å². The SMILES string of the molecule is C[C@@H]1CN([C@H](C)CO)C(=O)Cc2cc(NC(=O)Nc3ccccc3)ccc2O[C@@H]1CN(C)Cc1ccncc1. The molecule has 1 aliphatic heterocycles. The summed E-state index contributed by atoms with van der Waals surface area (Å²) in [5.41, 5.74) is 3.07. The average Bonchev–Trinajstić information content (AvgIpc) is 2.97. The van der Waals surface area contributed by atoms with Crippen LogP contribution in [0, 0.1) is 5.92 Å². The topological polar surface area (TPSA) is 107 Å². The molecule has 0 fully saturated rings. The minimum atomic E-state index is -0.378. The van der Waals surface area contributed by atoms with Crippen molar-refractivity contribution in [2.45, 2.75) is 39.0 Å². The van der Waals surface area contributed by atoms with E-state index in [1.807, 2.05) is 50.4 Å². The van der Waals surface area contributed by atoms with Gasteiger partial charge in [0.2, 0.25) is 5.91 Å². The minimum absolute atomic E-state index is 0.00300. The molecule has 0 saturated carbocycles. The van der Waals surface area contributed by atoms with Crippen molar-refractivity contribution in [2.24, 2.45) is 5.92 Å². The van der Waals surface area contributed by atoms with Gasteiger partial charge in [-0.15, -0.1) is 0 Å². The zero-order valence-electron chi connectivity index (χ0n) is 22.7. The van der Waals surface area contributed by atoms with Crippen LogP contribution in [0.15, 0.2) is 73.1 Å². The van der Waals surface area contributed by atoms with Gasteiger partial charge in [-0.25, -0.2) is 4.79 Å². The number of aliphatic hydroxyl groups is 1. The van der Waals surface area contributed by atoms with E-state index in [9.17, 15) is 14.7 Å². The molecule has 3 amide bonds. The second kappa shape index (κ2) is 13.2. The maximum atomic E-state index is 13.4. The molecule has 3 aromatic rings. The number of nitrogens with zero attached hydrogens (tertiary/aromatic N) is 3. The molecule has 0 aliphatic carbocycles. The van der Waals surface area contributed by atoms with Crippen LogP contribution in [0.4, 0.5) is 16.2 Å². The van der Waals surface area contributed by atoms with Crippen molar-refractivity contribution in [1.82, 2.24) is 14.8 Å². The Morgan fingerprint density at radius 3 is 2.56 bits per heavy atom. The number of aliphatic hydroxyl groups excluding tert-OH is 1. The standard InChI is InChI=1S/C30H37N5O4/c1-21-17-35(22(2)20-36)29(37)16-24-15-26(33-30(38)32-25-7-5-4-6-8-25)9-10-27(24)39-28(21)19-34(3)18-23-11-13-31-14-12-23/h4-15,21-22,28,36H,16-20H2,1-3H3,(H2,32,33,38)/t21-,22-,28-/m1/s1. The third-order valence-electron chi connectivity index (χ3n) is 6.90. The van der Waals surface area contributed by atoms with Gasteiger partial charge in [0.05, 0.1) is 19.1 Å². The first kappa shape index (κ1) is 28.1. The molecule has 0 bridgehead atoms. The first-order valence-corrected chi connectivity index (χ1v) is 13.2. The quantitative estimate of drug-likeness (QED) is 0.406. The number of para-hydroxylation sites is 1. The number of anilines is 2. The molecule has 2 aromatic carbocycles. The molecular weight excluding hydrogens is 494 g/mol. The third-order valence-corrected chi connectivity index (χ3v) is 6.90. The van der Waals surface area contributed by atoms with Crippen LogP contribution in [-0.4, -0.2) is 70.7 Å². The number of carbonyl (C=O) groups excluding carboxylic acids is 2. The highest BCUT2D eigenvalue weighted by atomic mass is 16.5. The number of likely N-dealkylation sites (N-methyl/N-ethyl adjacent to an activating group) is 1. The van der Waals surface area contributed by atoms with Crippen LogP contribution < -0.4 is 15.4 Å². The van der Waals surface area contributed by atoms with Crippen LogP contribution in [0.3, 0.4) is 0 Å². The molecule has 1 aromatic heterocycles. The molecule has 0 unspecified atom stereocenters. The van der Waals surface area contributed by atoms with E-state index in [2.05, 4.69) is 27.4 Å². The Hall–Kier alpha value is -3.95. The summed E-state index contributed by atoms with van der Waals surface area (Å²) in [6.07, 6.45) is 3.45. The maximum Gasteiger partial charge on any atom is 0.323 e. The van der Waals surface area contributed by atoms with E-state index >= 15 is 0 Å². The molecule has 39 heavy (non-hydrogen) atoms. The van der Waals surface area contributed by atoms with Crippen molar-refractivity contribution >= 4 is 23.3 Å². The van der Waals surface area contributed by atoms with Crippen molar-refractivity contribution < 1.29 is 19.4 Å². The van der Waals surface area contributed by atoms with E-state index in [0.717, 1.165) is 12.1 Å². The van der Waals surface area contributed by atoms with Gasteiger partial charge in [0.15, 0.2) is 0 Å². The Bertz CT molecular complexity index is 1240. The number of fused-ring (bicyclic) bond motifs is 1. The summed E-state index contributed by atoms with van der Waals surface area (Å²) in [5.74, 6) is 0.526. The van der Waals surface area contributed by atoms with Crippen molar-refractivity contribution in [3.8, 4) is 5.75 Å². The Balaban J connectivity index is 1.56. The summed E-state index contributed by atoms with van der Waals surface area (Å²) in [5, 5.41) is 15.5. The molecule has 0 radical (unpaired) electrons. The van der Waals surface area contributed by atoms with Gasteiger partial charge < -0.3 is 25.4 Å². The lowest BCUT2D eigenvalue weighted by Crippen LogP contribution is -2.47. The normalized spacial score (nSPS) is 18.3. The number of amides is 3. The highest BCUT2D eigenvalue weighted by Gasteiger charge is 2.31. The molecule has 4 rings (SSSR count). The number of aromatic nitrogens is 1. The second-order valence-electron chi connectivity index (χ2n) is 10.2. The summed E-state index contributed by atoms with van der Waals surface area (Å²) in [6, 6.07) is 17.8. The van der Waals surface area contributed by atoms with Crippen LogP contribution in [-0.2, 0) is 17.8 Å². The van der Waals surface area contributed by atoms with Gasteiger partial charge in [0.25, 0.3) is 0 Å². The molecule has 1 aliphatic rings. The number of pyridine rings is 1. The Labute approximate surface area is 229 Å². The number of urea groups is 1. The number of nitrogens with one attached hydrogen (secondary N) is 2. The third kappa shape index (κ3) is 7.78. The lowest BCUT2D eigenvalue weighted by molar-refractivity contribution is -0.134. The van der Waals surface area contributed by atoms with Gasteiger partial charge in [0, 0.05) is 54.9 Å². The molecule has 9 heteroatoms. The maximum absolute atomic E-state index is 13.4. The van der Waals surface area contributed by atoms with Crippen LogP contribution in [0.25, 0.3) is 0 Å². The number of ether oxygens (including phenoxy) is 1. The van der Waals surface area contributed by atoms with Crippen LogP contribution in [0.1, 0.15) is 25.0 Å². The fourth-order valence-electron chi connectivity index (χ4n) is 4.71. The smallest absolute Gasteiger partial charge is 0.323 e. The first-order chi connectivity index (χ1) is 18.8. The lowest BCUT2D eigenvalue weighted by atomic mass is 10.0. The first-order valence-electron chi connectivity index (χ1n) is 13.2. The van der Waals surface area contributed by atoms with Gasteiger partial charge in [-0.05, 0) is 62.0 Å². The summed E-state index contributed by atoms with van der Waals surface area (Å²) < 4.78 is 6.58. The lowest BCUT2D eigenvalue weighted by Gasteiger charge is -2.34. The number of carbonyl (C=O) groups is 2. The summed E-state index contributed by atoms with van der Waals surface area (Å²) in [6.45, 7) is 5.63. The van der Waals surface area contributed by atoms with E-state index in [0.29, 0.717) is 35.8 Å². The number of hydrogen-bond donors (Lipinski definition) is 3. The second-order valence-corrected chi connectivity index (χ2v) is 10.2.